The molecule has 196 valence electrons. The van der Waals surface area contributed by atoms with Crippen LogP contribution in [0.1, 0.15) is 116 Å². The molecule has 0 heterocycles. The van der Waals surface area contributed by atoms with E-state index in [9.17, 15) is 4.79 Å². The van der Waals surface area contributed by atoms with E-state index in [0.29, 0.717) is 5.56 Å². The Balaban J connectivity index is 2.38. The number of hydrogen-bond donors (Lipinski definition) is 0. The van der Waals surface area contributed by atoms with Gasteiger partial charge in [-0.3, -0.25) is 0 Å². The van der Waals surface area contributed by atoms with Gasteiger partial charge in [-0.1, -0.05) is 0 Å². The van der Waals surface area contributed by atoms with E-state index >= 15 is 0 Å². The molecule has 3 nitrogen and oxygen atoms in total. The van der Waals surface area contributed by atoms with Crippen molar-refractivity contribution >= 4 is 30.6 Å². The zero-order valence-electron chi connectivity index (χ0n) is 23.3. The summed E-state index contributed by atoms with van der Waals surface area (Å²) >= 11 is -2.58. The Kier molecular flexibility index (Phi) is 13.7. The average Bonchev–Trinajstić information content (AvgIpc) is 2.88. The molecule has 0 spiro atoms. The third-order valence-electron chi connectivity index (χ3n) is 7.74. The normalized spacial score (nSPS) is 16.1. The van der Waals surface area contributed by atoms with Gasteiger partial charge in [0.05, 0.1) is 0 Å². The van der Waals surface area contributed by atoms with Crippen molar-refractivity contribution in [1.29, 1.82) is 0 Å². The Labute approximate surface area is 220 Å². The fraction of sp³-hybridized carbons (Fsp3) is 0.677. The molecule has 0 unspecified atom stereocenters. The van der Waals surface area contributed by atoms with Crippen LogP contribution in [0.2, 0.25) is 13.3 Å². The van der Waals surface area contributed by atoms with E-state index in [-0.39, 0.29) is 5.41 Å². The van der Waals surface area contributed by atoms with E-state index in [0.717, 1.165) is 5.92 Å². The van der Waals surface area contributed by atoms with Gasteiger partial charge < -0.3 is 0 Å². The fourth-order valence-electron chi connectivity index (χ4n) is 5.75. The van der Waals surface area contributed by atoms with Crippen molar-refractivity contribution in [3.8, 4) is 0 Å². The van der Waals surface area contributed by atoms with Crippen molar-refractivity contribution < 1.29 is 9.63 Å². The molecular weight excluding hydrogens is 537 g/mol. The molecule has 4 heteroatoms. The first kappa shape index (κ1) is 30.1. The molecular formula is C31H51NO2Sn. The second kappa shape index (κ2) is 15.9. The number of allylic oxidation sites excluding steroid dienone is 2. The number of benzene rings is 1. The molecule has 0 N–H and O–H groups in total. The number of unbranched alkanes of at least 4 members (excludes halogenated alkanes) is 3. The Morgan fingerprint density at radius 2 is 1.49 bits per heavy atom. The third kappa shape index (κ3) is 10.1. The van der Waals surface area contributed by atoms with Crippen LogP contribution in [-0.4, -0.2) is 30.6 Å². The molecule has 1 aliphatic rings. The fourth-order valence-corrected chi connectivity index (χ4v) is 24.4. The van der Waals surface area contributed by atoms with Crippen LogP contribution >= 0.6 is 0 Å². The summed E-state index contributed by atoms with van der Waals surface area (Å²) in [6, 6.07) is 9.12. The molecule has 1 saturated carbocycles. The molecule has 0 aromatic heterocycles. The van der Waals surface area contributed by atoms with Crippen LogP contribution in [0, 0.1) is 11.3 Å². The summed E-state index contributed by atoms with van der Waals surface area (Å²) in [6.45, 7) is 11.6. The van der Waals surface area contributed by atoms with Crippen LogP contribution in [0.5, 0.6) is 0 Å². The first-order valence-corrected chi connectivity index (χ1v) is 21.9. The number of rotatable bonds is 15. The molecule has 1 aromatic carbocycles. The molecule has 0 amide bonds. The minimum absolute atomic E-state index is 0.226. The van der Waals surface area contributed by atoms with Gasteiger partial charge in [0.25, 0.3) is 0 Å². The second-order valence-corrected chi connectivity index (χ2v) is 24.6. The second-order valence-electron chi connectivity index (χ2n) is 11.3. The molecule has 35 heavy (non-hydrogen) atoms. The van der Waals surface area contributed by atoms with Crippen LogP contribution in [-0.2, 0) is 4.84 Å². The molecule has 0 radical (unpaired) electrons. The predicted octanol–water partition coefficient (Wildman–Crippen LogP) is 9.75. The van der Waals surface area contributed by atoms with Crippen molar-refractivity contribution in [2.75, 3.05) is 0 Å². The van der Waals surface area contributed by atoms with Gasteiger partial charge in [-0.05, 0) is 0 Å². The molecule has 1 aliphatic carbocycles. The molecule has 1 aromatic rings. The summed E-state index contributed by atoms with van der Waals surface area (Å²) in [5.74, 6) is 0.376. The summed E-state index contributed by atoms with van der Waals surface area (Å²) in [5, 5.41) is 4.19. The summed E-state index contributed by atoms with van der Waals surface area (Å²) in [7, 11) is 0. The van der Waals surface area contributed by atoms with Gasteiger partial charge in [0.1, 0.15) is 0 Å². The average molecular weight is 588 g/mol. The van der Waals surface area contributed by atoms with E-state index in [1.54, 1.807) is 12.1 Å². The predicted molar refractivity (Wildman–Crippen MR) is 154 cm³/mol. The zero-order chi connectivity index (χ0) is 25.6. The maximum atomic E-state index is 12.4. The summed E-state index contributed by atoms with van der Waals surface area (Å²) in [6.07, 6.45) is 19.4. The van der Waals surface area contributed by atoms with Gasteiger partial charge >= 0.3 is 221 Å². The van der Waals surface area contributed by atoms with Crippen LogP contribution < -0.4 is 0 Å². The Bertz CT molecular complexity index is 772. The molecule has 2 rings (SSSR count). The number of hydrogen-bond acceptors (Lipinski definition) is 3. The van der Waals surface area contributed by atoms with E-state index in [4.69, 9.17) is 4.84 Å². The van der Waals surface area contributed by atoms with E-state index in [2.05, 4.69) is 45.9 Å². The minimum atomic E-state index is -2.58. The quantitative estimate of drug-likeness (QED) is 0.0886. The van der Waals surface area contributed by atoms with Crippen molar-refractivity contribution in [3.05, 3.63) is 45.6 Å². The first-order valence-electron chi connectivity index (χ1n) is 14.4. The van der Waals surface area contributed by atoms with Gasteiger partial charge in [-0.2, -0.15) is 0 Å². The SMILES string of the molecule is CCC[CH2][Sn]([CH2]CCC)([CH2]CCC)/[C](=C/C(C)(C)/C=N/OC(=O)c1ccccc1)C1CCCCC1. The van der Waals surface area contributed by atoms with Crippen molar-refractivity contribution in [1.82, 2.24) is 0 Å². The maximum absolute atomic E-state index is 12.4. The van der Waals surface area contributed by atoms with Gasteiger partial charge in [-0.25, -0.2) is 0 Å². The van der Waals surface area contributed by atoms with Gasteiger partial charge in [0.2, 0.25) is 0 Å². The third-order valence-corrected chi connectivity index (χ3v) is 24.0. The standard InChI is InChI=1S/C19H24NO2.3C4H9.Sn/c1-19(2,14-13-16-9-5-3-6-10-16)15-20-22-18(21)17-11-7-4-8-12-17;3*1-3-4-2;/h4,7-8,11-12,14-16H,3,5-6,9-10H2,1-2H3;3*1,3-4H2,2H3;/b14-13?,20-15+;;;;. The topological polar surface area (TPSA) is 38.7 Å². The zero-order valence-corrected chi connectivity index (χ0v) is 26.1. The van der Waals surface area contributed by atoms with Crippen LogP contribution in [0.25, 0.3) is 0 Å². The van der Waals surface area contributed by atoms with Gasteiger partial charge in [0, 0.05) is 0 Å². The van der Waals surface area contributed by atoms with Gasteiger partial charge in [-0.15, -0.1) is 0 Å². The monoisotopic (exact) mass is 589 g/mol. The molecule has 0 saturated heterocycles. The molecule has 0 bridgehead atoms. The van der Waals surface area contributed by atoms with Crippen LogP contribution in [0.4, 0.5) is 0 Å². The van der Waals surface area contributed by atoms with Crippen molar-refractivity contribution in [2.45, 2.75) is 119 Å². The van der Waals surface area contributed by atoms with E-state index in [1.165, 1.54) is 83.9 Å². The summed E-state index contributed by atoms with van der Waals surface area (Å²) in [4.78, 5) is 17.7. The summed E-state index contributed by atoms with van der Waals surface area (Å²) in [5.41, 5.74) is 0.311. The Morgan fingerprint density at radius 1 is 0.943 bits per heavy atom. The van der Waals surface area contributed by atoms with Crippen molar-refractivity contribution in [2.24, 2.45) is 16.5 Å². The van der Waals surface area contributed by atoms with E-state index < -0.39 is 24.3 Å². The molecule has 0 atom stereocenters. The Hall–Kier alpha value is -1.10. The van der Waals surface area contributed by atoms with Crippen LogP contribution in [0.3, 0.4) is 0 Å². The molecule has 1 fully saturated rings. The molecule has 0 aliphatic heterocycles. The number of oxime groups is 1. The number of nitrogens with zero attached hydrogens (tertiary/aromatic N) is 1. The number of carbonyl (C=O) groups excluding carboxylic acids is 1. The van der Waals surface area contributed by atoms with E-state index in [1.807, 2.05) is 28.0 Å². The number of carbonyl (C=O) groups is 1. The van der Waals surface area contributed by atoms with Crippen LogP contribution in [0.15, 0.2) is 45.2 Å². The van der Waals surface area contributed by atoms with Crippen molar-refractivity contribution in [3.63, 3.8) is 0 Å². The Morgan fingerprint density at radius 3 is 2.00 bits per heavy atom. The van der Waals surface area contributed by atoms with Gasteiger partial charge in [0.15, 0.2) is 0 Å². The summed E-state index contributed by atoms with van der Waals surface area (Å²) < 4.78 is 6.41. The first-order chi connectivity index (χ1) is 16.9.